The Labute approximate surface area is 213 Å². The van der Waals surface area contributed by atoms with Gasteiger partial charge in [-0.1, -0.05) is 0 Å². The number of nitrogens with two attached hydrogens (primary N) is 2. The fraction of sp³-hybridized carbons (Fsp3) is 0.0556. The van der Waals surface area contributed by atoms with Gasteiger partial charge in [-0.2, -0.15) is 0 Å². The van der Waals surface area contributed by atoms with Crippen molar-refractivity contribution in [1.29, 1.82) is 5.41 Å². The number of nitrogens with one attached hydrogen (secondary N) is 1. The number of hydrazone groups is 1. The third-order valence-corrected chi connectivity index (χ3v) is 17.0. The SMILES string of the molecule is CC1=NN(c2ccccc2)C(=N)/C1=C(\SN=Nc1ccc(S(=O)(=O)N=C(N)N)cc1)[S][Hg][Cl]. The number of sulfonamides is 1. The molecule has 0 spiro atoms. The second kappa shape index (κ2) is 11.5. The molecule has 2 aromatic carbocycles. The number of rotatable bonds is 8. The van der Waals surface area contributed by atoms with E-state index in [4.69, 9.17) is 25.1 Å². The van der Waals surface area contributed by atoms with E-state index in [9.17, 15) is 8.42 Å². The molecule has 0 saturated heterocycles. The summed E-state index contributed by atoms with van der Waals surface area (Å²) in [5.74, 6) is -0.294. The number of halogens is 1. The number of nitrogens with zero attached hydrogens (tertiary/aromatic N) is 5. The first-order valence-electron chi connectivity index (χ1n) is 9.19. The predicted molar refractivity (Wildman–Crippen MR) is 132 cm³/mol. The number of anilines is 1. The van der Waals surface area contributed by atoms with Crippen molar-refractivity contribution in [1.82, 2.24) is 0 Å². The zero-order valence-electron chi connectivity index (χ0n) is 17.2. The molecule has 10 nitrogen and oxygen atoms in total. The van der Waals surface area contributed by atoms with Gasteiger partial charge in [0.25, 0.3) is 0 Å². The van der Waals surface area contributed by atoms with Crippen molar-refractivity contribution in [3.63, 3.8) is 0 Å². The van der Waals surface area contributed by atoms with Crippen LogP contribution in [-0.4, -0.2) is 25.9 Å². The molecule has 15 heteroatoms. The Hall–Kier alpha value is -1.93. The average Bonchev–Trinajstić information content (AvgIpc) is 3.07. The van der Waals surface area contributed by atoms with Gasteiger partial charge >= 0.3 is 203 Å². The van der Waals surface area contributed by atoms with Crippen LogP contribution in [0.4, 0.5) is 11.4 Å². The normalized spacial score (nSPS) is 15.4. The van der Waals surface area contributed by atoms with Crippen LogP contribution in [0.2, 0.25) is 0 Å². The average molecular weight is 710 g/mol. The Balaban J connectivity index is 1.79. The molecule has 168 valence electrons. The summed E-state index contributed by atoms with van der Waals surface area (Å²) < 4.78 is 32.2. The molecule has 0 radical (unpaired) electrons. The van der Waals surface area contributed by atoms with Crippen LogP contribution in [0.3, 0.4) is 0 Å². The molecule has 0 saturated carbocycles. The maximum absolute atomic E-state index is 12.0. The van der Waals surface area contributed by atoms with Crippen LogP contribution in [0.1, 0.15) is 6.92 Å². The van der Waals surface area contributed by atoms with Crippen LogP contribution in [0.25, 0.3) is 0 Å². The van der Waals surface area contributed by atoms with Gasteiger partial charge in [-0.15, -0.1) is 0 Å². The van der Waals surface area contributed by atoms with E-state index in [2.05, 4.69) is 19.1 Å². The molecule has 1 aliphatic heterocycles. The van der Waals surface area contributed by atoms with E-state index < -0.39 is 37.8 Å². The van der Waals surface area contributed by atoms with Crippen molar-refractivity contribution >= 4 is 67.3 Å². The summed E-state index contributed by atoms with van der Waals surface area (Å²) in [5.41, 5.74) is 12.9. The molecular formula is C18H17ClHgN8O2S3. The summed E-state index contributed by atoms with van der Waals surface area (Å²) >= 11 is -0.601. The first-order valence-corrected chi connectivity index (χ1v) is 25.9. The van der Waals surface area contributed by atoms with Gasteiger partial charge in [0.1, 0.15) is 0 Å². The van der Waals surface area contributed by atoms with Crippen molar-refractivity contribution in [3.05, 3.63) is 64.4 Å². The maximum atomic E-state index is 12.0. The fourth-order valence-corrected chi connectivity index (χ4v) is 15.7. The Bertz CT molecular complexity index is 1260. The van der Waals surface area contributed by atoms with E-state index in [1.54, 1.807) is 5.01 Å². The van der Waals surface area contributed by atoms with E-state index in [-0.39, 0.29) is 10.7 Å². The molecule has 0 atom stereocenters. The molecule has 1 heterocycles. The monoisotopic (exact) mass is 710 g/mol. The first-order chi connectivity index (χ1) is 15.7. The quantitative estimate of drug-likeness (QED) is 0.121. The summed E-state index contributed by atoms with van der Waals surface area (Å²) in [5, 5.41) is 18.8. The third-order valence-electron chi connectivity index (χ3n) is 4.09. The number of hydrogen-bond donors (Lipinski definition) is 3. The Kier molecular flexibility index (Phi) is 8.92. The Morgan fingerprint density at radius 2 is 1.82 bits per heavy atom. The van der Waals surface area contributed by atoms with Crippen molar-refractivity contribution in [3.8, 4) is 0 Å². The summed E-state index contributed by atoms with van der Waals surface area (Å²) in [4.78, 5) is -0.0650. The first kappa shape index (κ1) is 25.7. The topological polar surface area (TPSA) is 163 Å². The molecule has 0 amide bonds. The molecule has 5 N–H and O–H groups in total. The van der Waals surface area contributed by atoms with E-state index >= 15 is 0 Å². The molecule has 3 rings (SSSR count). The second-order valence-corrected chi connectivity index (χ2v) is 21.5. The van der Waals surface area contributed by atoms with Crippen LogP contribution in [0.5, 0.6) is 0 Å². The van der Waals surface area contributed by atoms with Gasteiger partial charge in [0.15, 0.2) is 0 Å². The van der Waals surface area contributed by atoms with E-state index in [1.165, 1.54) is 32.5 Å². The van der Waals surface area contributed by atoms with Crippen LogP contribution in [0, 0.1) is 5.41 Å². The van der Waals surface area contributed by atoms with Crippen LogP contribution < -0.4 is 16.5 Å². The molecule has 1 aliphatic rings. The number of amidine groups is 1. The summed E-state index contributed by atoms with van der Waals surface area (Å²) in [7, 11) is 3.74. The summed E-state index contributed by atoms with van der Waals surface area (Å²) in [6.07, 6.45) is 0. The van der Waals surface area contributed by atoms with Gasteiger partial charge in [-0.3, -0.25) is 0 Å². The summed E-state index contributed by atoms with van der Waals surface area (Å²) in [6.45, 7) is 1.84. The van der Waals surface area contributed by atoms with Crippen LogP contribution in [-0.2, 0) is 31.8 Å². The molecule has 2 aromatic rings. The van der Waals surface area contributed by atoms with Gasteiger partial charge in [0.2, 0.25) is 0 Å². The van der Waals surface area contributed by atoms with E-state index in [0.717, 1.165) is 21.9 Å². The molecular weight excluding hydrogens is 692 g/mol. The molecule has 0 bridgehead atoms. The van der Waals surface area contributed by atoms with Crippen LogP contribution >= 0.6 is 28.4 Å². The molecule has 0 aliphatic carbocycles. The number of hydrogen-bond acceptors (Lipinski definition) is 8. The molecule has 0 fully saturated rings. The van der Waals surface area contributed by atoms with Gasteiger partial charge in [0.05, 0.1) is 0 Å². The second-order valence-electron chi connectivity index (χ2n) is 6.36. The minimum atomic E-state index is -3.97. The third kappa shape index (κ3) is 6.56. The number of para-hydroxylation sites is 1. The summed E-state index contributed by atoms with van der Waals surface area (Å²) in [6, 6.07) is 15.1. The standard InChI is InChI=1S/C18H18N8O2S3.ClH.Hg/c1-11-15(16(19)26(23-11)13-5-3-2-4-6-13)17(29)30-25-22-12-7-9-14(10-8-12)31(27,28)24-18(20)21;;/h2-10,19,29H,1H3,(H4,20,21,24);1H;/q;;+2/p-2/b17-15-,19-16?,25-22?;;. The van der Waals surface area contributed by atoms with Crippen molar-refractivity contribution in [2.75, 3.05) is 5.01 Å². The Morgan fingerprint density at radius 1 is 1.15 bits per heavy atom. The van der Waals surface area contributed by atoms with Crippen molar-refractivity contribution < 1.29 is 30.2 Å². The molecule has 0 aromatic heterocycles. The zero-order chi connectivity index (χ0) is 24.0. The van der Waals surface area contributed by atoms with Crippen molar-refractivity contribution in [2.24, 2.45) is 30.6 Å². The fourth-order valence-electron chi connectivity index (χ4n) is 2.70. The Morgan fingerprint density at radius 3 is 2.42 bits per heavy atom. The molecule has 33 heavy (non-hydrogen) atoms. The molecule has 0 unspecified atom stereocenters. The van der Waals surface area contributed by atoms with Gasteiger partial charge in [-0.25, -0.2) is 0 Å². The number of guanidine groups is 1. The van der Waals surface area contributed by atoms with Gasteiger partial charge in [0, 0.05) is 0 Å². The van der Waals surface area contributed by atoms with Crippen LogP contribution in [0.15, 0.2) is 88.4 Å². The van der Waals surface area contributed by atoms with Gasteiger partial charge < -0.3 is 11.5 Å². The zero-order valence-corrected chi connectivity index (χ0v) is 25.9. The minimum absolute atomic E-state index is 0.0650. The number of benzene rings is 2. The van der Waals surface area contributed by atoms with Crippen molar-refractivity contribution in [2.45, 2.75) is 11.8 Å². The van der Waals surface area contributed by atoms with E-state index in [1.807, 2.05) is 37.3 Å². The van der Waals surface area contributed by atoms with Gasteiger partial charge in [-0.05, 0) is 0 Å². The van der Waals surface area contributed by atoms with E-state index in [0.29, 0.717) is 17.0 Å². The predicted octanol–water partition coefficient (Wildman–Crippen LogP) is 4.35.